The lowest BCUT2D eigenvalue weighted by Crippen LogP contribution is -2.45. The Hall–Kier alpha value is -2.30. The van der Waals surface area contributed by atoms with Crippen molar-refractivity contribution in [2.45, 2.75) is 64.1 Å². The minimum absolute atomic E-state index is 0.0110. The number of hydrogen-bond donors (Lipinski definition) is 1. The Labute approximate surface area is 175 Å². The predicted octanol–water partition coefficient (Wildman–Crippen LogP) is 3.72. The number of aromatic amines is 1. The highest BCUT2D eigenvalue weighted by atomic mass is 19.4. The van der Waals surface area contributed by atoms with Crippen LogP contribution in [-0.4, -0.2) is 49.8 Å². The second kappa shape index (κ2) is 7.68. The Bertz CT molecular complexity index is 1010. The van der Waals surface area contributed by atoms with E-state index in [1.807, 2.05) is 0 Å². The molecule has 0 saturated carbocycles. The first kappa shape index (κ1) is 21.9. The van der Waals surface area contributed by atoms with Crippen molar-refractivity contribution in [2.75, 3.05) is 13.1 Å². The van der Waals surface area contributed by atoms with Gasteiger partial charge in [0.15, 0.2) is 0 Å². The van der Waals surface area contributed by atoms with Crippen molar-refractivity contribution < 1.29 is 22.0 Å². The molecule has 0 bridgehead atoms. The Kier molecular flexibility index (Phi) is 5.43. The molecular weight excluding hydrogens is 421 g/mol. The number of likely N-dealkylation sites (tertiary alicyclic amines) is 1. The van der Waals surface area contributed by atoms with E-state index in [4.69, 9.17) is 0 Å². The molecule has 1 fully saturated rings. The van der Waals surface area contributed by atoms with Gasteiger partial charge in [-0.05, 0) is 59.0 Å². The van der Waals surface area contributed by atoms with Crippen LogP contribution in [0.15, 0.2) is 11.0 Å². The van der Waals surface area contributed by atoms with E-state index in [9.17, 15) is 26.7 Å². The van der Waals surface area contributed by atoms with Gasteiger partial charge < -0.3 is 0 Å². The van der Waals surface area contributed by atoms with Crippen LogP contribution in [0.3, 0.4) is 0 Å². The van der Waals surface area contributed by atoms with Gasteiger partial charge >= 0.3 is 6.18 Å². The van der Waals surface area contributed by atoms with Crippen molar-refractivity contribution in [1.29, 1.82) is 0 Å². The number of hydrogen-bond acceptors (Lipinski definition) is 4. The summed E-state index contributed by atoms with van der Waals surface area (Å²) in [4.78, 5) is 20.5. The number of fused-ring (bicyclic) bond motifs is 1. The average Bonchev–Trinajstić information content (AvgIpc) is 3.28. The Morgan fingerprint density at radius 2 is 1.84 bits per heavy atom. The van der Waals surface area contributed by atoms with Gasteiger partial charge in [0, 0.05) is 22.7 Å². The van der Waals surface area contributed by atoms with Crippen molar-refractivity contribution in [1.82, 2.24) is 24.6 Å². The summed E-state index contributed by atoms with van der Waals surface area (Å²) < 4.78 is 70.6. The Balaban J connectivity index is 1.66. The summed E-state index contributed by atoms with van der Waals surface area (Å²) in [7, 11) is 0. The minimum atomic E-state index is -4.61. The highest BCUT2D eigenvalue weighted by molar-refractivity contribution is 5.31. The molecule has 1 saturated heterocycles. The number of nitrogens with one attached hydrogen (secondary N) is 1. The number of alkyl halides is 5. The van der Waals surface area contributed by atoms with E-state index in [1.54, 1.807) is 0 Å². The number of H-pyrrole nitrogens is 1. The minimum Gasteiger partial charge on any atom is -0.291 e. The maximum atomic E-state index is 14.1. The zero-order valence-corrected chi connectivity index (χ0v) is 17.3. The number of nitrogens with zero attached hydrogens (tertiary/aromatic N) is 4. The molecule has 0 radical (unpaired) electrons. The van der Waals surface area contributed by atoms with E-state index in [0.29, 0.717) is 24.1 Å². The molecule has 0 spiro atoms. The van der Waals surface area contributed by atoms with Gasteiger partial charge in [-0.1, -0.05) is 0 Å². The highest BCUT2D eigenvalue weighted by Crippen LogP contribution is 2.42. The fourth-order valence-corrected chi connectivity index (χ4v) is 4.68. The summed E-state index contributed by atoms with van der Waals surface area (Å²) in [5.74, 6) is -3.76. The summed E-state index contributed by atoms with van der Waals surface area (Å²) in [5.41, 5.74) is 1.08. The van der Waals surface area contributed by atoms with E-state index >= 15 is 0 Å². The zero-order valence-electron chi connectivity index (χ0n) is 17.3. The molecule has 31 heavy (non-hydrogen) atoms. The van der Waals surface area contributed by atoms with Crippen LogP contribution in [0.5, 0.6) is 0 Å². The quantitative estimate of drug-likeness (QED) is 0.729. The molecule has 1 aliphatic carbocycles. The molecule has 2 aromatic heterocycles. The van der Waals surface area contributed by atoms with E-state index in [0.717, 1.165) is 19.5 Å². The van der Waals surface area contributed by atoms with Gasteiger partial charge in [0.2, 0.25) is 11.9 Å². The van der Waals surface area contributed by atoms with E-state index < -0.39 is 24.1 Å². The van der Waals surface area contributed by atoms with Crippen LogP contribution in [0.25, 0.3) is 5.95 Å². The number of halogens is 5. The fraction of sp³-hybridized carbons (Fsp3) is 0.650. The molecule has 1 atom stereocenters. The van der Waals surface area contributed by atoms with E-state index in [2.05, 4.69) is 15.1 Å². The summed E-state index contributed by atoms with van der Waals surface area (Å²) in [6.45, 7) is 2.13. The summed E-state index contributed by atoms with van der Waals surface area (Å²) in [5, 5.41) is 4.07. The lowest BCUT2D eigenvalue weighted by atomic mass is 9.90. The number of aromatic nitrogens is 4. The molecule has 4 rings (SSSR count). The average molecular weight is 445 g/mol. The lowest BCUT2D eigenvalue weighted by Gasteiger charge is -2.39. The van der Waals surface area contributed by atoms with Crippen LogP contribution in [0.2, 0.25) is 0 Å². The first-order valence-electron chi connectivity index (χ1n) is 10.3. The zero-order chi connectivity index (χ0) is 22.6. The van der Waals surface area contributed by atoms with Gasteiger partial charge in [-0.3, -0.25) is 14.7 Å². The molecular formula is C20H24F5N5O. The van der Waals surface area contributed by atoms with Crippen LogP contribution in [-0.2, 0) is 12.8 Å². The summed E-state index contributed by atoms with van der Waals surface area (Å²) in [6.07, 6.45) is -1.43. The molecule has 0 aromatic carbocycles. The molecule has 1 unspecified atom stereocenters. The third kappa shape index (κ3) is 4.11. The van der Waals surface area contributed by atoms with Crippen molar-refractivity contribution >= 4 is 0 Å². The lowest BCUT2D eigenvalue weighted by molar-refractivity contribution is -0.193. The molecule has 6 nitrogen and oxygen atoms in total. The molecule has 3 heterocycles. The van der Waals surface area contributed by atoms with Gasteiger partial charge in [0.25, 0.3) is 5.56 Å². The van der Waals surface area contributed by atoms with Crippen LogP contribution in [0, 0.1) is 12.8 Å². The predicted molar refractivity (Wildman–Crippen MR) is 102 cm³/mol. The van der Waals surface area contributed by atoms with Crippen molar-refractivity contribution in [3.63, 3.8) is 0 Å². The standard InChI is InChI=1S/C20H24F5N5O/c1-11-14(10-26-30(11)18-27-15-5-3-4-13(15)17(31)28-18)16(20(23,24)25)29-8-6-12(7-9-29)19(2,21)22/h10,12,16H,3-9H2,1-2H3,(H,27,28,31). The fourth-order valence-electron chi connectivity index (χ4n) is 4.68. The number of rotatable bonds is 4. The smallest absolute Gasteiger partial charge is 0.291 e. The molecule has 1 aliphatic heterocycles. The van der Waals surface area contributed by atoms with Crippen LogP contribution >= 0.6 is 0 Å². The molecule has 1 N–H and O–H groups in total. The van der Waals surface area contributed by atoms with E-state index in [1.165, 1.54) is 16.5 Å². The largest absolute Gasteiger partial charge is 0.408 e. The molecule has 2 aliphatic rings. The normalized spacial score (nSPS) is 19.6. The van der Waals surface area contributed by atoms with Gasteiger partial charge in [0.1, 0.15) is 6.04 Å². The van der Waals surface area contributed by atoms with Crippen molar-refractivity contribution in [2.24, 2.45) is 5.92 Å². The Morgan fingerprint density at radius 3 is 2.45 bits per heavy atom. The van der Waals surface area contributed by atoms with Crippen LogP contribution in [0.4, 0.5) is 22.0 Å². The summed E-state index contributed by atoms with van der Waals surface area (Å²) >= 11 is 0. The number of aryl methyl sites for hydroxylation is 1. The second-order valence-electron chi connectivity index (χ2n) is 8.48. The third-order valence-corrected chi connectivity index (χ3v) is 6.39. The first-order valence-corrected chi connectivity index (χ1v) is 10.3. The topological polar surface area (TPSA) is 66.8 Å². The van der Waals surface area contributed by atoms with Gasteiger partial charge in [0.05, 0.1) is 11.9 Å². The first-order chi connectivity index (χ1) is 14.5. The maximum absolute atomic E-state index is 14.1. The highest BCUT2D eigenvalue weighted by Gasteiger charge is 2.48. The Morgan fingerprint density at radius 1 is 1.16 bits per heavy atom. The van der Waals surface area contributed by atoms with Crippen molar-refractivity contribution in [3.05, 3.63) is 39.1 Å². The maximum Gasteiger partial charge on any atom is 0.408 e. The SMILES string of the molecule is Cc1c(C(N2CCC(C(C)(F)F)CC2)C(F)(F)F)cnn1-c1nc2c(c(=O)[nH]1)CCC2. The molecule has 170 valence electrons. The van der Waals surface area contributed by atoms with Gasteiger partial charge in [-0.2, -0.15) is 18.3 Å². The molecule has 11 heteroatoms. The van der Waals surface area contributed by atoms with Crippen LogP contribution < -0.4 is 5.56 Å². The number of piperidine rings is 1. The summed E-state index contributed by atoms with van der Waals surface area (Å²) in [6, 6.07) is -1.96. The van der Waals surface area contributed by atoms with E-state index in [-0.39, 0.29) is 48.7 Å². The molecule has 2 aromatic rings. The second-order valence-corrected chi connectivity index (χ2v) is 8.48. The van der Waals surface area contributed by atoms with Gasteiger partial charge in [-0.25, -0.2) is 18.4 Å². The van der Waals surface area contributed by atoms with Crippen molar-refractivity contribution in [3.8, 4) is 5.95 Å². The monoisotopic (exact) mass is 445 g/mol. The van der Waals surface area contributed by atoms with Crippen LogP contribution in [0.1, 0.15) is 54.7 Å². The molecule has 0 amide bonds. The van der Waals surface area contributed by atoms with Gasteiger partial charge in [-0.15, -0.1) is 0 Å². The third-order valence-electron chi connectivity index (χ3n) is 6.39.